The van der Waals surface area contributed by atoms with Gasteiger partial charge in [-0.3, -0.25) is 0 Å². The number of hydrogen-bond donors (Lipinski definition) is 4. The second-order valence-electron chi connectivity index (χ2n) is 9.32. The third kappa shape index (κ3) is 3.30. The van der Waals surface area contributed by atoms with Gasteiger partial charge < -0.3 is 26.2 Å². The highest BCUT2D eigenvalue weighted by molar-refractivity contribution is 5.86. The number of anilines is 2. The molecule has 4 aromatic rings. The zero-order valence-corrected chi connectivity index (χ0v) is 18.5. The number of nitrogens with two attached hydrogens (primary N) is 2. The van der Waals surface area contributed by atoms with Gasteiger partial charge in [0.15, 0.2) is 11.6 Å². The van der Waals surface area contributed by atoms with Crippen LogP contribution in [0.25, 0.3) is 21.9 Å². The summed E-state index contributed by atoms with van der Waals surface area (Å²) in [6, 6.07) is 8.51. The van der Waals surface area contributed by atoms with Crippen LogP contribution in [0.3, 0.4) is 0 Å². The van der Waals surface area contributed by atoms with Gasteiger partial charge in [0, 0.05) is 17.0 Å². The third-order valence-electron chi connectivity index (χ3n) is 7.58. The number of aliphatic hydroxyl groups is 2. The second kappa shape index (κ2) is 7.64. The van der Waals surface area contributed by atoms with Crippen LogP contribution < -0.4 is 11.5 Å². The summed E-state index contributed by atoms with van der Waals surface area (Å²) in [6.07, 6.45) is 2.67. The lowest BCUT2D eigenvalue weighted by molar-refractivity contribution is -0.0280. The van der Waals surface area contributed by atoms with Gasteiger partial charge in [-0.2, -0.15) is 0 Å². The molecule has 9 heteroatoms. The maximum Gasteiger partial charge on any atom is 0.165 e. The van der Waals surface area contributed by atoms with E-state index in [4.69, 9.17) is 11.5 Å². The minimum absolute atomic E-state index is 0.0578. The van der Waals surface area contributed by atoms with Crippen LogP contribution in [0, 0.1) is 17.2 Å². The summed E-state index contributed by atoms with van der Waals surface area (Å²) in [7, 11) is 0. The van der Waals surface area contributed by atoms with E-state index in [1.54, 1.807) is 0 Å². The number of nitrogen functional groups attached to an aromatic ring is 2. The number of aryl methyl sites for hydroxylation is 1. The molecule has 1 saturated carbocycles. The van der Waals surface area contributed by atoms with Crippen LogP contribution in [0.4, 0.5) is 16.0 Å². The molecule has 33 heavy (non-hydrogen) atoms. The van der Waals surface area contributed by atoms with E-state index in [0.717, 1.165) is 10.9 Å². The van der Waals surface area contributed by atoms with Crippen molar-refractivity contribution in [3.05, 3.63) is 54.2 Å². The van der Waals surface area contributed by atoms with Crippen LogP contribution in [-0.2, 0) is 6.42 Å². The normalized spacial score (nSPS) is 27.5. The largest absolute Gasteiger partial charge is 0.390 e. The number of fused-ring (bicyclic) bond motifs is 2. The Morgan fingerprint density at radius 3 is 2.70 bits per heavy atom. The van der Waals surface area contributed by atoms with Crippen molar-refractivity contribution < 1.29 is 14.6 Å². The molecule has 3 heterocycles. The van der Waals surface area contributed by atoms with Crippen LogP contribution in [0.1, 0.15) is 31.9 Å². The lowest BCUT2D eigenvalue weighted by Gasteiger charge is -2.34. The summed E-state index contributed by atoms with van der Waals surface area (Å²) < 4.78 is 15.6. The van der Waals surface area contributed by atoms with Gasteiger partial charge in [0.05, 0.1) is 23.0 Å². The van der Waals surface area contributed by atoms with Crippen molar-refractivity contribution in [2.75, 3.05) is 11.5 Å². The molecule has 1 aliphatic carbocycles. The average Bonchev–Trinajstić information content (AvgIpc) is 3.28. The molecule has 0 amide bonds. The molecule has 172 valence electrons. The number of hydrogen-bond acceptors (Lipinski definition) is 7. The Hall–Kier alpha value is -3.30. The van der Waals surface area contributed by atoms with Gasteiger partial charge in [-0.15, -0.1) is 0 Å². The van der Waals surface area contributed by atoms with Crippen molar-refractivity contribution in [2.24, 2.45) is 11.3 Å². The molecule has 0 radical (unpaired) electrons. The molecule has 6 N–H and O–H groups in total. The Morgan fingerprint density at radius 1 is 1.12 bits per heavy atom. The highest BCUT2D eigenvalue weighted by atomic mass is 19.1. The Balaban J connectivity index is 1.43. The first-order chi connectivity index (χ1) is 15.7. The number of halogens is 1. The zero-order chi connectivity index (χ0) is 23.5. The fraction of sp³-hybridized carbons (Fsp3) is 0.375. The summed E-state index contributed by atoms with van der Waals surface area (Å²) in [4.78, 5) is 12.5. The molecule has 0 unspecified atom stereocenters. The smallest absolute Gasteiger partial charge is 0.165 e. The SMILES string of the molecule is C[C@@H]1[C@@H](n2ccc3c(N)ncnc32)[C@H](O)[C@H](O)[C@@]1(C)CCc1ccc2cc(F)c(N)nc2c1. The van der Waals surface area contributed by atoms with Gasteiger partial charge in [0.1, 0.15) is 23.9 Å². The molecule has 0 spiro atoms. The first-order valence-electron chi connectivity index (χ1n) is 11.0. The van der Waals surface area contributed by atoms with Gasteiger partial charge >= 0.3 is 0 Å². The summed E-state index contributed by atoms with van der Waals surface area (Å²) in [5.41, 5.74) is 13.3. The summed E-state index contributed by atoms with van der Waals surface area (Å²) in [6.45, 7) is 4.05. The highest BCUT2D eigenvalue weighted by Gasteiger charge is 2.55. The van der Waals surface area contributed by atoms with Gasteiger partial charge in [0.25, 0.3) is 0 Å². The number of rotatable bonds is 4. The maximum absolute atomic E-state index is 13.7. The Morgan fingerprint density at radius 2 is 1.91 bits per heavy atom. The predicted octanol–water partition coefficient (Wildman–Crippen LogP) is 2.83. The highest BCUT2D eigenvalue weighted by Crippen LogP contribution is 2.52. The van der Waals surface area contributed by atoms with E-state index < -0.39 is 23.4 Å². The standard InChI is InChI=1S/C24H27FN6O2/c1-12-18(31-8-6-15-21(26)28-11-29-23(15)31)19(32)20(33)24(12,2)7-5-13-3-4-14-10-16(25)22(27)30-17(14)9-13/h3-4,6,8-12,18-20,32-33H,5,7H2,1-2H3,(H2,27,30)(H2,26,28,29)/t12-,18-,19+,20+,24+/m1/s1. The average molecular weight is 451 g/mol. The van der Waals surface area contributed by atoms with E-state index in [9.17, 15) is 14.6 Å². The van der Waals surface area contributed by atoms with Crippen molar-refractivity contribution in [1.82, 2.24) is 19.5 Å². The summed E-state index contributed by atoms with van der Waals surface area (Å²) in [5, 5.41) is 23.6. The van der Waals surface area contributed by atoms with Crippen LogP contribution in [0.5, 0.6) is 0 Å². The summed E-state index contributed by atoms with van der Waals surface area (Å²) in [5.74, 6) is -0.332. The lowest BCUT2D eigenvalue weighted by atomic mass is 9.74. The molecule has 5 rings (SSSR count). The van der Waals surface area contributed by atoms with Crippen molar-refractivity contribution in [3.63, 3.8) is 0 Å². The van der Waals surface area contributed by atoms with Crippen LogP contribution in [0.2, 0.25) is 0 Å². The Labute approximate surface area is 190 Å². The summed E-state index contributed by atoms with van der Waals surface area (Å²) >= 11 is 0. The second-order valence-corrected chi connectivity index (χ2v) is 9.32. The van der Waals surface area contributed by atoms with E-state index in [-0.39, 0.29) is 17.8 Å². The molecule has 1 aliphatic rings. The fourth-order valence-electron chi connectivity index (χ4n) is 5.32. The maximum atomic E-state index is 13.7. The molecular weight excluding hydrogens is 423 g/mol. The van der Waals surface area contributed by atoms with Crippen LogP contribution >= 0.6 is 0 Å². The molecule has 0 bridgehead atoms. The van der Waals surface area contributed by atoms with Gasteiger partial charge in [0.2, 0.25) is 0 Å². The van der Waals surface area contributed by atoms with Gasteiger partial charge in [-0.1, -0.05) is 26.0 Å². The number of aromatic nitrogens is 4. The number of pyridine rings is 1. The lowest BCUT2D eigenvalue weighted by Crippen LogP contribution is -2.36. The molecule has 8 nitrogen and oxygen atoms in total. The number of benzene rings is 1. The molecule has 3 aromatic heterocycles. The van der Waals surface area contributed by atoms with Crippen LogP contribution in [0.15, 0.2) is 42.9 Å². The predicted molar refractivity (Wildman–Crippen MR) is 125 cm³/mol. The van der Waals surface area contributed by atoms with E-state index in [0.29, 0.717) is 35.2 Å². The monoisotopic (exact) mass is 450 g/mol. The minimum Gasteiger partial charge on any atom is -0.390 e. The van der Waals surface area contributed by atoms with Crippen molar-refractivity contribution in [2.45, 2.75) is 44.9 Å². The van der Waals surface area contributed by atoms with Gasteiger partial charge in [-0.25, -0.2) is 19.3 Å². The van der Waals surface area contributed by atoms with E-state index in [1.807, 2.05) is 48.9 Å². The Bertz CT molecular complexity index is 1360. The zero-order valence-electron chi connectivity index (χ0n) is 18.5. The molecule has 1 fully saturated rings. The topological polar surface area (TPSA) is 136 Å². The number of nitrogens with zero attached hydrogens (tertiary/aromatic N) is 4. The van der Waals surface area contributed by atoms with E-state index in [2.05, 4.69) is 15.0 Å². The molecule has 0 aliphatic heterocycles. The van der Waals surface area contributed by atoms with Crippen LogP contribution in [-0.4, -0.2) is 41.9 Å². The first kappa shape index (κ1) is 21.5. The fourth-order valence-corrected chi connectivity index (χ4v) is 5.32. The number of aliphatic hydroxyl groups excluding tert-OH is 2. The van der Waals surface area contributed by atoms with E-state index in [1.165, 1.54) is 12.4 Å². The van der Waals surface area contributed by atoms with Crippen molar-refractivity contribution in [3.8, 4) is 0 Å². The van der Waals surface area contributed by atoms with Crippen molar-refractivity contribution >= 4 is 33.6 Å². The quantitative estimate of drug-likeness (QED) is 0.375. The Kier molecular flexibility index (Phi) is 4.98. The van der Waals surface area contributed by atoms with Gasteiger partial charge in [-0.05, 0) is 42.5 Å². The molecule has 5 atom stereocenters. The first-order valence-corrected chi connectivity index (χ1v) is 11.0. The minimum atomic E-state index is -0.960. The van der Waals surface area contributed by atoms with Crippen molar-refractivity contribution in [1.29, 1.82) is 0 Å². The van der Waals surface area contributed by atoms with E-state index >= 15 is 0 Å². The molecule has 0 saturated heterocycles. The molecule has 1 aromatic carbocycles. The molecular formula is C24H27FN6O2. The third-order valence-corrected chi connectivity index (χ3v) is 7.58.